The molecule has 0 saturated carbocycles. The van der Waals surface area contributed by atoms with Crippen LogP contribution >= 0.6 is 0 Å². The Bertz CT molecular complexity index is 294. The Labute approximate surface area is 85.7 Å². The van der Waals surface area contributed by atoms with Crippen molar-refractivity contribution in [1.29, 1.82) is 0 Å². The van der Waals surface area contributed by atoms with E-state index in [4.69, 9.17) is 0 Å². The number of nitrogens with one attached hydrogen (secondary N) is 1. The van der Waals surface area contributed by atoms with E-state index < -0.39 is 0 Å². The molecule has 0 aliphatic carbocycles. The second-order valence-corrected chi connectivity index (χ2v) is 4.23. The number of pyridine rings is 1. The summed E-state index contributed by atoms with van der Waals surface area (Å²) in [4.78, 5) is 4.41. The smallest absolute Gasteiger partial charge is 0.0378 e. The van der Waals surface area contributed by atoms with E-state index >= 15 is 0 Å². The second-order valence-electron chi connectivity index (χ2n) is 4.23. The minimum absolute atomic E-state index is 0.698. The number of piperidine rings is 1. The third-order valence-electron chi connectivity index (χ3n) is 2.87. The quantitative estimate of drug-likeness (QED) is 0.734. The molecular formula is C12H18N2. The number of rotatable bonds is 1. The molecule has 2 heterocycles. The van der Waals surface area contributed by atoms with Gasteiger partial charge in [0.25, 0.3) is 0 Å². The van der Waals surface area contributed by atoms with Crippen LogP contribution in [0.1, 0.15) is 35.7 Å². The van der Waals surface area contributed by atoms with Crippen LogP contribution in [0.25, 0.3) is 0 Å². The van der Waals surface area contributed by atoms with Gasteiger partial charge in [0.05, 0.1) is 0 Å². The highest BCUT2D eigenvalue weighted by atomic mass is 14.9. The Morgan fingerprint density at radius 2 is 2.00 bits per heavy atom. The average molecular weight is 190 g/mol. The maximum atomic E-state index is 4.41. The number of aryl methyl sites for hydroxylation is 2. The zero-order valence-electron chi connectivity index (χ0n) is 9.01. The maximum absolute atomic E-state index is 4.41. The standard InChI is InChI=1S/C12H18N2/c1-9-6-12(7-10(2)14-9)11-4-3-5-13-8-11/h6-7,11,13H,3-5,8H2,1-2H3/t11-/m1/s1. The molecule has 1 aliphatic heterocycles. The molecular weight excluding hydrogens is 172 g/mol. The van der Waals surface area contributed by atoms with Crippen molar-refractivity contribution in [2.45, 2.75) is 32.6 Å². The molecule has 0 aromatic carbocycles. The predicted octanol–water partition coefficient (Wildman–Crippen LogP) is 2.17. The van der Waals surface area contributed by atoms with Crippen LogP contribution in [0, 0.1) is 13.8 Å². The molecule has 1 fully saturated rings. The first-order valence-electron chi connectivity index (χ1n) is 5.41. The SMILES string of the molecule is Cc1cc([C@@H]2CCCNC2)cc(C)n1. The van der Waals surface area contributed by atoms with E-state index in [0.717, 1.165) is 17.9 Å². The molecule has 76 valence electrons. The van der Waals surface area contributed by atoms with Gasteiger partial charge in [0, 0.05) is 17.9 Å². The predicted molar refractivity (Wildman–Crippen MR) is 58.6 cm³/mol. The summed E-state index contributed by atoms with van der Waals surface area (Å²) in [5.41, 5.74) is 3.75. The lowest BCUT2D eigenvalue weighted by Crippen LogP contribution is -2.28. The van der Waals surface area contributed by atoms with Crippen molar-refractivity contribution < 1.29 is 0 Å². The zero-order chi connectivity index (χ0) is 9.97. The lowest BCUT2D eigenvalue weighted by atomic mass is 9.91. The zero-order valence-corrected chi connectivity index (χ0v) is 9.01. The molecule has 1 aromatic heterocycles. The van der Waals surface area contributed by atoms with Gasteiger partial charge in [-0.25, -0.2) is 0 Å². The normalized spacial score (nSPS) is 22.3. The maximum Gasteiger partial charge on any atom is 0.0378 e. The van der Waals surface area contributed by atoms with Gasteiger partial charge in [-0.3, -0.25) is 4.98 Å². The van der Waals surface area contributed by atoms with Crippen molar-refractivity contribution in [3.63, 3.8) is 0 Å². The molecule has 2 heteroatoms. The van der Waals surface area contributed by atoms with Gasteiger partial charge in [0.2, 0.25) is 0 Å². The van der Waals surface area contributed by atoms with Gasteiger partial charge in [0.1, 0.15) is 0 Å². The Balaban J connectivity index is 2.21. The molecule has 2 nitrogen and oxygen atoms in total. The summed E-state index contributed by atoms with van der Waals surface area (Å²) in [7, 11) is 0. The van der Waals surface area contributed by atoms with Crippen molar-refractivity contribution in [2.75, 3.05) is 13.1 Å². The third kappa shape index (κ3) is 2.13. The van der Waals surface area contributed by atoms with Gasteiger partial charge in [-0.15, -0.1) is 0 Å². The van der Waals surface area contributed by atoms with Crippen LogP contribution in [0.2, 0.25) is 0 Å². The molecule has 1 N–H and O–H groups in total. The Hall–Kier alpha value is -0.890. The van der Waals surface area contributed by atoms with E-state index in [1.807, 2.05) is 0 Å². The number of hydrogen-bond donors (Lipinski definition) is 1. The Kier molecular flexibility index (Phi) is 2.82. The van der Waals surface area contributed by atoms with Crippen LogP contribution in [0.4, 0.5) is 0 Å². The number of hydrogen-bond acceptors (Lipinski definition) is 2. The second kappa shape index (κ2) is 4.09. The van der Waals surface area contributed by atoms with Crippen molar-refractivity contribution in [3.8, 4) is 0 Å². The molecule has 0 amide bonds. The van der Waals surface area contributed by atoms with E-state index in [1.165, 1.54) is 24.9 Å². The summed E-state index contributed by atoms with van der Waals surface area (Å²) in [5.74, 6) is 0.698. The van der Waals surface area contributed by atoms with Crippen LogP contribution in [0.5, 0.6) is 0 Å². The van der Waals surface area contributed by atoms with Gasteiger partial charge < -0.3 is 5.32 Å². The lowest BCUT2D eigenvalue weighted by molar-refractivity contribution is 0.461. The molecule has 0 unspecified atom stereocenters. The fraction of sp³-hybridized carbons (Fsp3) is 0.583. The highest BCUT2D eigenvalue weighted by Crippen LogP contribution is 2.23. The minimum Gasteiger partial charge on any atom is -0.316 e. The molecule has 0 spiro atoms. The summed E-state index contributed by atoms with van der Waals surface area (Å²) in [6.07, 6.45) is 2.61. The summed E-state index contributed by atoms with van der Waals surface area (Å²) in [6, 6.07) is 4.45. The summed E-state index contributed by atoms with van der Waals surface area (Å²) >= 11 is 0. The molecule has 14 heavy (non-hydrogen) atoms. The van der Waals surface area contributed by atoms with Crippen molar-refractivity contribution in [1.82, 2.24) is 10.3 Å². The molecule has 1 aliphatic rings. The first-order chi connectivity index (χ1) is 6.75. The molecule has 0 radical (unpaired) electrons. The lowest BCUT2D eigenvalue weighted by Gasteiger charge is -2.23. The Morgan fingerprint density at radius 3 is 2.57 bits per heavy atom. The largest absolute Gasteiger partial charge is 0.316 e. The van der Waals surface area contributed by atoms with E-state index in [0.29, 0.717) is 5.92 Å². The van der Waals surface area contributed by atoms with Crippen molar-refractivity contribution >= 4 is 0 Å². The average Bonchev–Trinajstić information content (AvgIpc) is 2.18. The molecule has 0 bridgehead atoms. The molecule has 2 rings (SSSR count). The third-order valence-corrected chi connectivity index (χ3v) is 2.87. The van der Waals surface area contributed by atoms with Crippen LogP contribution in [-0.2, 0) is 0 Å². The monoisotopic (exact) mass is 190 g/mol. The van der Waals surface area contributed by atoms with Crippen LogP contribution in [-0.4, -0.2) is 18.1 Å². The first-order valence-corrected chi connectivity index (χ1v) is 5.41. The fourth-order valence-corrected chi connectivity index (χ4v) is 2.24. The van der Waals surface area contributed by atoms with Crippen molar-refractivity contribution in [2.24, 2.45) is 0 Å². The van der Waals surface area contributed by atoms with Gasteiger partial charge in [-0.05, 0) is 56.8 Å². The van der Waals surface area contributed by atoms with E-state index in [-0.39, 0.29) is 0 Å². The summed E-state index contributed by atoms with van der Waals surface area (Å²) in [6.45, 7) is 6.46. The number of aromatic nitrogens is 1. The summed E-state index contributed by atoms with van der Waals surface area (Å²) in [5, 5.41) is 3.45. The fourth-order valence-electron chi connectivity index (χ4n) is 2.24. The van der Waals surface area contributed by atoms with Crippen molar-refractivity contribution in [3.05, 3.63) is 29.1 Å². The molecule has 1 aromatic rings. The van der Waals surface area contributed by atoms with Crippen LogP contribution in [0.15, 0.2) is 12.1 Å². The van der Waals surface area contributed by atoms with Gasteiger partial charge >= 0.3 is 0 Å². The van der Waals surface area contributed by atoms with Gasteiger partial charge in [-0.1, -0.05) is 0 Å². The highest BCUT2D eigenvalue weighted by molar-refractivity contribution is 5.24. The minimum atomic E-state index is 0.698. The van der Waals surface area contributed by atoms with E-state index in [2.05, 4.69) is 36.3 Å². The molecule has 1 saturated heterocycles. The highest BCUT2D eigenvalue weighted by Gasteiger charge is 2.15. The van der Waals surface area contributed by atoms with Gasteiger partial charge in [-0.2, -0.15) is 0 Å². The first kappa shape index (κ1) is 9.66. The Morgan fingerprint density at radius 1 is 1.29 bits per heavy atom. The molecule has 1 atom stereocenters. The van der Waals surface area contributed by atoms with E-state index in [1.54, 1.807) is 0 Å². The van der Waals surface area contributed by atoms with Crippen LogP contribution in [0.3, 0.4) is 0 Å². The van der Waals surface area contributed by atoms with Gasteiger partial charge in [0.15, 0.2) is 0 Å². The van der Waals surface area contributed by atoms with E-state index in [9.17, 15) is 0 Å². The summed E-state index contributed by atoms with van der Waals surface area (Å²) < 4.78 is 0. The van der Waals surface area contributed by atoms with Crippen LogP contribution < -0.4 is 5.32 Å². The topological polar surface area (TPSA) is 24.9 Å². The number of nitrogens with zero attached hydrogens (tertiary/aromatic N) is 1.